The number of hydrogen-bond donors (Lipinski definition) is 0. The maximum absolute atomic E-state index is 13.0. The molecule has 1 aliphatic heterocycles. The molecule has 1 atom stereocenters. The summed E-state index contributed by atoms with van der Waals surface area (Å²) in [5.74, 6) is 0.504. The summed E-state index contributed by atoms with van der Waals surface area (Å²) in [4.78, 5) is 21.7. The van der Waals surface area contributed by atoms with Crippen molar-refractivity contribution < 1.29 is 4.79 Å². The third kappa shape index (κ3) is 3.39. The number of anilines is 1. The molecule has 1 aliphatic carbocycles. The molecular formula is C21H25N3O. The lowest BCUT2D eigenvalue weighted by Gasteiger charge is -2.38. The topological polar surface area (TPSA) is 36.4 Å². The number of nitrogens with zero attached hydrogens (tertiary/aromatic N) is 3. The molecule has 0 N–H and O–H groups in total. The molecule has 1 unspecified atom stereocenters. The molecular weight excluding hydrogens is 310 g/mol. The van der Waals surface area contributed by atoms with E-state index in [2.05, 4.69) is 51.2 Å². The Morgan fingerprint density at radius 3 is 2.60 bits per heavy atom. The summed E-state index contributed by atoms with van der Waals surface area (Å²) in [5, 5.41) is 0. The highest BCUT2D eigenvalue weighted by Gasteiger charge is 2.30. The van der Waals surface area contributed by atoms with Gasteiger partial charge in [0.1, 0.15) is 0 Å². The van der Waals surface area contributed by atoms with Crippen molar-refractivity contribution in [2.24, 2.45) is 5.92 Å². The minimum absolute atomic E-state index is 0.157. The van der Waals surface area contributed by atoms with Gasteiger partial charge in [0.15, 0.2) is 0 Å². The second kappa shape index (κ2) is 6.87. The van der Waals surface area contributed by atoms with Gasteiger partial charge in [-0.25, -0.2) is 0 Å². The summed E-state index contributed by atoms with van der Waals surface area (Å²) >= 11 is 0. The molecule has 4 nitrogen and oxygen atoms in total. The Balaban J connectivity index is 1.37. The van der Waals surface area contributed by atoms with Gasteiger partial charge in [0.2, 0.25) is 5.91 Å². The van der Waals surface area contributed by atoms with Crippen LogP contribution in [0.4, 0.5) is 5.69 Å². The largest absolute Gasteiger partial charge is 0.368 e. The molecule has 1 saturated heterocycles. The van der Waals surface area contributed by atoms with Crippen LogP contribution in [-0.2, 0) is 17.6 Å². The SMILES string of the molecule is Cc1cc(N2CCN(C(=O)C3CCc4ccccc4C3)CC2)ccn1. The summed E-state index contributed by atoms with van der Waals surface area (Å²) in [6.45, 7) is 5.46. The van der Waals surface area contributed by atoms with E-state index in [1.54, 1.807) is 0 Å². The van der Waals surface area contributed by atoms with Gasteiger partial charge in [-0.1, -0.05) is 24.3 Å². The first-order chi connectivity index (χ1) is 12.2. The Kier molecular flexibility index (Phi) is 4.43. The maximum Gasteiger partial charge on any atom is 0.226 e. The predicted molar refractivity (Wildman–Crippen MR) is 99.7 cm³/mol. The molecule has 2 aliphatic rings. The fourth-order valence-corrected chi connectivity index (χ4v) is 4.08. The molecule has 1 aromatic carbocycles. The van der Waals surface area contributed by atoms with E-state index < -0.39 is 0 Å². The third-order valence-corrected chi connectivity index (χ3v) is 5.53. The van der Waals surface area contributed by atoms with E-state index in [0.29, 0.717) is 5.91 Å². The van der Waals surface area contributed by atoms with Crippen LogP contribution >= 0.6 is 0 Å². The van der Waals surface area contributed by atoms with E-state index in [1.807, 2.05) is 13.1 Å². The van der Waals surface area contributed by atoms with Gasteiger partial charge in [0.05, 0.1) is 0 Å². The molecule has 1 fully saturated rings. The van der Waals surface area contributed by atoms with Crippen LogP contribution < -0.4 is 4.90 Å². The van der Waals surface area contributed by atoms with E-state index in [4.69, 9.17) is 0 Å². The zero-order valence-electron chi connectivity index (χ0n) is 14.8. The number of aryl methyl sites for hydroxylation is 2. The van der Waals surface area contributed by atoms with Crippen molar-refractivity contribution in [1.82, 2.24) is 9.88 Å². The van der Waals surface area contributed by atoms with Crippen LogP contribution in [0.1, 0.15) is 23.2 Å². The van der Waals surface area contributed by atoms with E-state index in [-0.39, 0.29) is 5.92 Å². The quantitative estimate of drug-likeness (QED) is 0.847. The van der Waals surface area contributed by atoms with Gasteiger partial charge in [-0.3, -0.25) is 9.78 Å². The Morgan fingerprint density at radius 2 is 1.84 bits per heavy atom. The predicted octanol–water partition coefficient (Wildman–Crippen LogP) is 2.84. The number of benzene rings is 1. The molecule has 2 aromatic rings. The highest BCUT2D eigenvalue weighted by molar-refractivity contribution is 5.80. The molecule has 0 radical (unpaired) electrons. The molecule has 0 bridgehead atoms. The van der Waals surface area contributed by atoms with E-state index in [9.17, 15) is 4.79 Å². The van der Waals surface area contributed by atoms with E-state index in [0.717, 1.165) is 51.1 Å². The number of hydrogen-bond acceptors (Lipinski definition) is 3. The van der Waals surface area contributed by atoms with Crippen LogP contribution in [0.3, 0.4) is 0 Å². The molecule has 0 spiro atoms. The van der Waals surface area contributed by atoms with Crippen molar-refractivity contribution >= 4 is 11.6 Å². The summed E-state index contributed by atoms with van der Waals surface area (Å²) in [6, 6.07) is 12.7. The monoisotopic (exact) mass is 335 g/mol. The van der Waals surface area contributed by atoms with Crippen molar-refractivity contribution in [1.29, 1.82) is 0 Å². The fraction of sp³-hybridized carbons (Fsp3) is 0.429. The zero-order chi connectivity index (χ0) is 17.2. The molecule has 130 valence electrons. The minimum Gasteiger partial charge on any atom is -0.368 e. The van der Waals surface area contributed by atoms with Crippen LogP contribution in [0.25, 0.3) is 0 Å². The van der Waals surface area contributed by atoms with Crippen LogP contribution in [0.15, 0.2) is 42.6 Å². The van der Waals surface area contributed by atoms with Gasteiger partial charge in [-0.15, -0.1) is 0 Å². The first-order valence-corrected chi connectivity index (χ1v) is 9.24. The number of fused-ring (bicyclic) bond motifs is 1. The molecule has 4 rings (SSSR count). The van der Waals surface area contributed by atoms with Crippen molar-refractivity contribution in [3.8, 4) is 0 Å². The maximum atomic E-state index is 13.0. The number of amides is 1. The second-order valence-electron chi connectivity index (χ2n) is 7.18. The molecule has 1 amide bonds. The van der Waals surface area contributed by atoms with Gasteiger partial charge in [-0.2, -0.15) is 0 Å². The van der Waals surface area contributed by atoms with E-state index >= 15 is 0 Å². The van der Waals surface area contributed by atoms with Crippen molar-refractivity contribution in [2.75, 3.05) is 31.1 Å². The first-order valence-electron chi connectivity index (χ1n) is 9.24. The summed E-state index contributed by atoms with van der Waals surface area (Å²) < 4.78 is 0. The Morgan fingerprint density at radius 1 is 1.08 bits per heavy atom. The molecule has 2 heterocycles. The second-order valence-corrected chi connectivity index (χ2v) is 7.18. The van der Waals surface area contributed by atoms with Gasteiger partial charge in [0, 0.05) is 49.7 Å². The first kappa shape index (κ1) is 16.1. The summed E-state index contributed by atoms with van der Waals surface area (Å²) in [6.07, 6.45) is 4.78. The number of rotatable bonds is 2. The molecule has 1 aromatic heterocycles. The van der Waals surface area contributed by atoms with Crippen LogP contribution in [-0.4, -0.2) is 42.0 Å². The minimum atomic E-state index is 0.157. The van der Waals surface area contributed by atoms with Crippen LogP contribution in [0, 0.1) is 12.8 Å². The van der Waals surface area contributed by atoms with Crippen LogP contribution in [0.2, 0.25) is 0 Å². The Hall–Kier alpha value is -2.36. The van der Waals surface area contributed by atoms with Gasteiger partial charge >= 0.3 is 0 Å². The average Bonchev–Trinajstić information content (AvgIpc) is 2.67. The van der Waals surface area contributed by atoms with Crippen molar-refractivity contribution in [2.45, 2.75) is 26.2 Å². The Labute approximate surface area is 149 Å². The standard InChI is InChI=1S/C21H25N3O/c1-16-14-20(8-9-22-16)23-10-12-24(13-11-23)21(25)19-7-6-17-4-2-3-5-18(17)15-19/h2-5,8-9,14,19H,6-7,10-13,15H2,1H3. The zero-order valence-corrected chi connectivity index (χ0v) is 14.8. The number of pyridine rings is 1. The van der Waals surface area contributed by atoms with Gasteiger partial charge in [0.25, 0.3) is 0 Å². The fourth-order valence-electron chi connectivity index (χ4n) is 4.08. The van der Waals surface area contributed by atoms with Crippen LogP contribution in [0.5, 0.6) is 0 Å². The number of aromatic nitrogens is 1. The Bertz CT molecular complexity index is 765. The smallest absolute Gasteiger partial charge is 0.226 e. The molecule has 0 saturated carbocycles. The van der Waals surface area contributed by atoms with Crippen molar-refractivity contribution in [3.05, 3.63) is 59.4 Å². The lowest BCUT2D eigenvalue weighted by atomic mass is 9.83. The summed E-state index contributed by atoms with van der Waals surface area (Å²) in [5.41, 5.74) is 5.03. The van der Waals surface area contributed by atoms with Gasteiger partial charge in [-0.05, 0) is 49.4 Å². The van der Waals surface area contributed by atoms with Gasteiger partial charge < -0.3 is 9.80 Å². The lowest BCUT2D eigenvalue weighted by molar-refractivity contribution is -0.136. The van der Waals surface area contributed by atoms with Crippen molar-refractivity contribution in [3.63, 3.8) is 0 Å². The third-order valence-electron chi connectivity index (χ3n) is 5.53. The number of carbonyl (C=O) groups excluding carboxylic acids is 1. The molecule has 4 heteroatoms. The normalized spacial score (nSPS) is 20.3. The number of carbonyl (C=O) groups is 1. The molecule has 25 heavy (non-hydrogen) atoms. The highest BCUT2D eigenvalue weighted by atomic mass is 16.2. The number of piperazine rings is 1. The average molecular weight is 335 g/mol. The highest BCUT2D eigenvalue weighted by Crippen LogP contribution is 2.27. The van der Waals surface area contributed by atoms with E-state index in [1.165, 1.54) is 16.8 Å². The lowest BCUT2D eigenvalue weighted by Crippen LogP contribution is -2.51. The summed E-state index contributed by atoms with van der Waals surface area (Å²) in [7, 11) is 0.